The molecule has 1 rings (SSSR count). The molecule has 1 aromatic carbocycles. The van der Waals surface area contributed by atoms with Crippen LogP contribution in [-0.4, -0.2) is 17.7 Å². The van der Waals surface area contributed by atoms with Gasteiger partial charge in [0.05, 0.1) is 6.61 Å². The Bertz CT molecular complexity index is 303. The zero-order valence-electron chi connectivity index (χ0n) is 9.48. The monoisotopic (exact) mass is 205 g/mol. The summed E-state index contributed by atoms with van der Waals surface area (Å²) in [6.45, 7) is 9.02. The van der Waals surface area contributed by atoms with Crippen molar-refractivity contribution in [1.82, 2.24) is 0 Å². The molecule has 15 heavy (non-hydrogen) atoms. The van der Waals surface area contributed by atoms with Crippen LogP contribution < -0.4 is 4.90 Å². The van der Waals surface area contributed by atoms with Gasteiger partial charge in [-0.2, -0.15) is 0 Å². The SMILES string of the molecule is C=CCN(c1ccc(CO)cc1)C(C)C. The summed E-state index contributed by atoms with van der Waals surface area (Å²) in [6, 6.07) is 8.43. The second-order valence-corrected chi connectivity index (χ2v) is 3.86. The molecular weight excluding hydrogens is 186 g/mol. The van der Waals surface area contributed by atoms with E-state index in [-0.39, 0.29) is 6.61 Å². The minimum atomic E-state index is 0.101. The Balaban J connectivity index is 2.86. The number of hydrogen-bond donors (Lipinski definition) is 1. The largest absolute Gasteiger partial charge is 0.392 e. The first kappa shape index (κ1) is 11.8. The van der Waals surface area contributed by atoms with Crippen molar-refractivity contribution >= 4 is 5.69 Å². The van der Waals surface area contributed by atoms with Gasteiger partial charge in [0.2, 0.25) is 0 Å². The lowest BCUT2D eigenvalue weighted by Crippen LogP contribution is -2.30. The maximum Gasteiger partial charge on any atom is 0.0681 e. The average molecular weight is 205 g/mol. The van der Waals surface area contributed by atoms with Gasteiger partial charge in [-0.3, -0.25) is 0 Å². The number of anilines is 1. The Hall–Kier alpha value is -1.28. The minimum Gasteiger partial charge on any atom is -0.392 e. The second-order valence-electron chi connectivity index (χ2n) is 3.86. The number of aliphatic hydroxyl groups excluding tert-OH is 1. The molecule has 2 heteroatoms. The van der Waals surface area contributed by atoms with Crippen molar-refractivity contribution in [3.63, 3.8) is 0 Å². The number of rotatable bonds is 5. The molecule has 1 aromatic rings. The zero-order valence-corrected chi connectivity index (χ0v) is 9.48. The van der Waals surface area contributed by atoms with Crippen LogP contribution in [0.3, 0.4) is 0 Å². The van der Waals surface area contributed by atoms with Gasteiger partial charge in [0, 0.05) is 18.3 Å². The van der Waals surface area contributed by atoms with Crippen molar-refractivity contribution in [1.29, 1.82) is 0 Å². The summed E-state index contributed by atoms with van der Waals surface area (Å²) in [6.07, 6.45) is 1.90. The number of aliphatic hydroxyl groups is 1. The Labute approximate surface area is 91.9 Å². The van der Waals surface area contributed by atoms with Crippen molar-refractivity contribution in [2.45, 2.75) is 26.5 Å². The van der Waals surface area contributed by atoms with Crippen LogP contribution in [0.5, 0.6) is 0 Å². The highest BCUT2D eigenvalue weighted by molar-refractivity contribution is 5.48. The highest BCUT2D eigenvalue weighted by Gasteiger charge is 2.07. The Morgan fingerprint density at radius 2 is 1.93 bits per heavy atom. The fourth-order valence-corrected chi connectivity index (χ4v) is 1.55. The Morgan fingerprint density at radius 3 is 2.33 bits per heavy atom. The molecule has 0 fully saturated rings. The summed E-state index contributed by atoms with van der Waals surface area (Å²) in [4.78, 5) is 2.26. The van der Waals surface area contributed by atoms with Crippen molar-refractivity contribution in [2.75, 3.05) is 11.4 Å². The van der Waals surface area contributed by atoms with Gasteiger partial charge in [0.15, 0.2) is 0 Å². The van der Waals surface area contributed by atoms with E-state index in [0.717, 1.165) is 12.1 Å². The molecular formula is C13H19NO. The third-order valence-corrected chi connectivity index (χ3v) is 2.40. The molecule has 0 bridgehead atoms. The van der Waals surface area contributed by atoms with Gasteiger partial charge in [-0.25, -0.2) is 0 Å². The molecule has 0 unspecified atom stereocenters. The fraction of sp³-hybridized carbons (Fsp3) is 0.385. The molecule has 2 nitrogen and oxygen atoms in total. The molecule has 0 saturated heterocycles. The first-order valence-corrected chi connectivity index (χ1v) is 5.26. The molecule has 82 valence electrons. The van der Waals surface area contributed by atoms with Gasteiger partial charge in [0.1, 0.15) is 0 Å². The van der Waals surface area contributed by atoms with E-state index in [9.17, 15) is 0 Å². The normalized spacial score (nSPS) is 10.4. The van der Waals surface area contributed by atoms with E-state index in [1.807, 2.05) is 30.3 Å². The summed E-state index contributed by atoms with van der Waals surface area (Å²) >= 11 is 0. The molecule has 0 aliphatic heterocycles. The second kappa shape index (κ2) is 5.56. The maximum atomic E-state index is 8.95. The predicted molar refractivity (Wildman–Crippen MR) is 65.0 cm³/mol. The third kappa shape index (κ3) is 3.10. The summed E-state index contributed by atoms with van der Waals surface area (Å²) in [5.41, 5.74) is 2.11. The third-order valence-electron chi connectivity index (χ3n) is 2.40. The van der Waals surface area contributed by atoms with Crippen molar-refractivity contribution in [3.05, 3.63) is 42.5 Å². The summed E-state index contributed by atoms with van der Waals surface area (Å²) in [5, 5.41) is 8.95. The molecule has 0 aliphatic rings. The minimum absolute atomic E-state index is 0.101. The van der Waals surface area contributed by atoms with Gasteiger partial charge < -0.3 is 10.0 Å². The highest BCUT2D eigenvalue weighted by atomic mass is 16.3. The summed E-state index contributed by atoms with van der Waals surface area (Å²) < 4.78 is 0. The van der Waals surface area contributed by atoms with Gasteiger partial charge in [0.25, 0.3) is 0 Å². The smallest absolute Gasteiger partial charge is 0.0681 e. The van der Waals surface area contributed by atoms with E-state index in [4.69, 9.17) is 5.11 Å². The van der Waals surface area contributed by atoms with E-state index >= 15 is 0 Å². The Kier molecular flexibility index (Phi) is 4.37. The molecule has 0 radical (unpaired) electrons. The average Bonchev–Trinajstić information content (AvgIpc) is 2.26. The van der Waals surface area contributed by atoms with Crippen molar-refractivity contribution in [3.8, 4) is 0 Å². The molecule has 0 aliphatic carbocycles. The van der Waals surface area contributed by atoms with E-state index < -0.39 is 0 Å². The molecule has 0 saturated carbocycles. The zero-order chi connectivity index (χ0) is 11.3. The van der Waals surface area contributed by atoms with E-state index in [2.05, 4.69) is 25.3 Å². The summed E-state index contributed by atoms with van der Waals surface area (Å²) in [5.74, 6) is 0. The predicted octanol–water partition coefficient (Wildman–Crippen LogP) is 2.58. The van der Waals surface area contributed by atoms with Crippen molar-refractivity contribution in [2.24, 2.45) is 0 Å². The molecule has 0 aromatic heterocycles. The quantitative estimate of drug-likeness (QED) is 0.747. The number of nitrogens with zero attached hydrogens (tertiary/aromatic N) is 1. The van der Waals surface area contributed by atoms with Crippen LogP contribution in [0, 0.1) is 0 Å². The lowest BCUT2D eigenvalue weighted by atomic mass is 10.2. The van der Waals surface area contributed by atoms with Crippen LogP contribution in [0.15, 0.2) is 36.9 Å². The first-order chi connectivity index (χ1) is 7.19. The highest BCUT2D eigenvalue weighted by Crippen LogP contribution is 2.17. The first-order valence-electron chi connectivity index (χ1n) is 5.26. The lowest BCUT2D eigenvalue weighted by molar-refractivity contribution is 0.282. The molecule has 0 heterocycles. The van der Waals surface area contributed by atoms with Crippen LogP contribution in [0.1, 0.15) is 19.4 Å². The van der Waals surface area contributed by atoms with Gasteiger partial charge >= 0.3 is 0 Å². The van der Waals surface area contributed by atoms with Crippen LogP contribution in [0.25, 0.3) is 0 Å². The van der Waals surface area contributed by atoms with E-state index in [1.54, 1.807) is 0 Å². The van der Waals surface area contributed by atoms with Gasteiger partial charge in [-0.1, -0.05) is 18.2 Å². The lowest BCUT2D eigenvalue weighted by Gasteiger charge is -2.27. The molecule has 0 amide bonds. The van der Waals surface area contributed by atoms with Crippen LogP contribution in [-0.2, 0) is 6.61 Å². The topological polar surface area (TPSA) is 23.5 Å². The maximum absolute atomic E-state index is 8.95. The van der Waals surface area contributed by atoms with Gasteiger partial charge in [-0.05, 0) is 31.5 Å². The van der Waals surface area contributed by atoms with Crippen LogP contribution in [0.2, 0.25) is 0 Å². The fourth-order valence-electron chi connectivity index (χ4n) is 1.55. The Morgan fingerprint density at radius 1 is 1.33 bits per heavy atom. The summed E-state index contributed by atoms with van der Waals surface area (Å²) in [7, 11) is 0. The van der Waals surface area contributed by atoms with Crippen molar-refractivity contribution < 1.29 is 5.11 Å². The van der Waals surface area contributed by atoms with E-state index in [0.29, 0.717) is 6.04 Å². The standard InChI is InChI=1S/C13H19NO/c1-4-9-14(11(2)3)13-7-5-12(10-15)6-8-13/h4-8,11,15H,1,9-10H2,2-3H3. The van der Waals surface area contributed by atoms with Gasteiger partial charge in [-0.15, -0.1) is 6.58 Å². The van der Waals surface area contributed by atoms with Crippen LogP contribution >= 0.6 is 0 Å². The molecule has 0 atom stereocenters. The van der Waals surface area contributed by atoms with Crippen LogP contribution in [0.4, 0.5) is 5.69 Å². The van der Waals surface area contributed by atoms with E-state index in [1.165, 1.54) is 5.69 Å². The molecule has 0 spiro atoms. The number of benzene rings is 1. The molecule has 1 N–H and O–H groups in total. The number of hydrogen-bond acceptors (Lipinski definition) is 2.